The molecule has 0 aliphatic carbocycles. The van der Waals surface area contributed by atoms with Crippen LogP contribution < -0.4 is 15.9 Å². The first-order chi connectivity index (χ1) is 22.4. The van der Waals surface area contributed by atoms with Gasteiger partial charge in [0.05, 0.1) is 7.53 Å². The van der Waals surface area contributed by atoms with Gasteiger partial charge in [-0.3, -0.25) is 0 Å². The molecule has 0 N–H and O–H groups in total. The molecule has 0 heterocycles. The first-order valence-corrected chi connectivity index (χ1v) is 19.1. The van der Waals surface area contributed by atoms with Crippen molar-refractivity contribution in [2.24, 2.45) is 0 Å². The van der Waals surface area contributed by atoms with E-state index in [0.717, 1.165) is 0 Å². The molecule has 3 aromatic rings. The van der Waals surface area contributed by atoms with E-state index in [0.29, 0.717) is 0 Å². The SMILES string of the molecule is CCCCCCCCCCCC[P+](c1ccccc1)(c1ccccc1)c1ccccc1.[3H]C(P)(P)C#CC#CC#CC#CC#CC. The van der Waals surface area contributed by atoms with Crippen molar-refractivity contribution in [3.63, 3.8) is 0 Å². The van der Waals surface area contributed by atoms with Crippen LogP contribution in [0.4, 0.5) is 0 Å². The van der Waals surface area contributed by atoms with Crippen LogP contribution in [-0.4, -0.2) is 11.5 Å². The highest BCUT2D eigenvalue weighted by molar-refractivity contribution is 7.95. The maximum absolute atomic E-state index is 7.34. The minimum absolute atomic E-state index is 0.932. The van der Waals surface area contributed by atoms with Crippen LogP contribution in [0.25, 0.3) is 0 Å². The maximum Gasteiger partial charge on any atom is 0.112 e. The van der Waals surface area contributed by atoms with E-state index in [4.69, 9.17) is 1.37 Å². The van der Waals surface area contributed by atoms with Gasteiger partial charge in [0.2, 0.25) is 0 Å². The number of hydrogen-bond donors (Lipinski definition) is 0. The lowest BCUT2D eigenvalue weighted by Gasteiger charge is -2.27. The van der Waals surface area contributed by atoms with Gasteiger partial charge in [-0.05, 0) is 104 Å². The van der Waals surface area contributed by atoms with Gasteiger partial charge in [-0.1, -0.05) is 125 Å². The summed E-state index contributed by atoms with van der Waals surface area (Å²) in [6.45, 7) is 4.00. The molecular formula is C42H48P3+. The van der Waals surface area contributed by atoms with Crippen molar-refractivity contribution >= 4 is 41.7 Å². The topological polar surface area (TPSA) is 0 Å². The summed E-state index contributed by atoms with van der Waals surface area (Å²) in [5, 5.41) is 3.62. The van der Waals surface area contributed by atoms with E-state index in [1.807, 2.05) is 0 Å². The third kappa shape index (κ3) is 15.5. The summed E-state index contributed by atoms with van der Waals surface area (Å²) in [5.41, 5.74) is 0. The maximum atomic E-state index is 7.34. The lowest BCUT2D eigenvalue weighted by atomic mass is 10.1. The molecule has 0 aliphatic heterocycles. The van der Waals surface area contributed by atoms with E-state index in [9.17, 15) is 0 Å². The third-order valence-electron chi connectivity index (χ3n) is 7.21. The summed E-state index contributed by atoms with van der Waals surface area (Å²) in [5.74, 6) is 25.3. The van der Waals surface area contributed by atoms with E-state index in [-0.39, 0.29) is 0 Å². The van der Waals surface area contributed by atoms with Crippen LogP contribution in [-0.2, 0) is 0 Å². The van der Waals surface area contributed by atoms with Crippen LogP contribution in [0.3, 0.4) is 0 Å². The van der Waals surface area contributed by atoms with Crippen LogP contribution in [0.1, 0.15) is 79.4 Å². The molecule has 3 aromatic carbocycles. The van der Waals surface area contributed by atoms with Crippen LogP contribution in [0.2, 0.25) is 0 Å². The van der Waals surface area contributed by atoms with Crippen LogP contribution in [0.5, 0.6) is 0 Å². The largest absolute Gasteiger partial charge is 0.117 e. The quantitative estimate of drug-likeness (QED) is 0.0931. The Morgan fingerprint density at radius 3 is 1.27 bits per heavy atom. The molecule has 230 valence electrons. The molecule has 0 aromatic heterocycles. The fraction of sp³-hybridized carbons (Fsp3) is 0.333. The highest BCUT2D eigenvalue weighted by Gasteiger charge is 2.44. The van der Waals surface area contributed by atoms with Gasteiger partial charge in [0.25, 0.3) is 0 Å². The fourth-order valence-corrected chi connectivity index (χ4v) is 9.63. The first kappa shape index (κ1) is 36.2. The molecule has 3 rings (SSSR count). The highest BCUT2D eigenvalue weighted by Crippen LogP contribution is 2.56. The smallest absolute Gasteiger partial charge is 0.112 e. The van der Waals surface area contributed by atoms with Gasteiger partial charge in [-0.25, -0.2) is 0 Å². The average molecular weight is 648 g/mol. The van der Waals surface area contributed by atoms with Crippen LogP contribution in [0.15, 0.2) is 91.0 Å². The summed E-state index contributed by atoms with van der Waals surface area (Å²) in [6, 6.07) is 33.9. The van der Waals surface area contributed by atoms with E-state index in [1.54, 1.807) is 6.92 Å². The first-order valence-electron chi connectivity index (χ1n) is 16.5. The second-order valence-corrected chi connectivity index (χ2v) is 16.1. The number of benzene rings is 3. The van der Waals surface area contributed by atoms with Crippen molar-refractivity contribution in [1.82, 2.24) is 0 Å². The van der Waals surface area contributed by atoms with Crippen LogP contribution in [0, 0.1) is 59.2 Å². The Hall–Kier alpha value is -3.25. The summed E-state index contributed by atoms with van der Waals surface area (Å²) in [4.78, 5) is 0. The van der Waals surface area contributed by atoms with Gasteiger partial charge in [-0.2, -0.15) is 0 Å². The van der Waals surface area contributed by atoms with Gasteiger partial charge in [-0.15, -0.1) is 18.5 Å². The molecule has 0 aliphatic rings. The normalized spacial score (nSPS) is 10.2. The van der Waals surface area contributed by atoms with Crippen LogP contribution >= 0.6 is 25.7 Å². The molecule has 0 fully saturated rings. The predicted molar refractivity (Wildman–Crippen MR) is 210 cm³/mol. The molecule has 0 spiro atoms. The average Bonchev–Trinajstić information content (AvgIpc) is 3.08. The Labute approximate surface area is 281 Å². The van der Waals surface area contributed by atoms with E-state index >= 15 is 0 Å². The Balaban J connectivity index is 0.000000415. The molecule has 2 atom stereocenters. The van der Waals surface area contributed by atoms with Crippen molar-refractivity contribution in [2.75, 3.05) is 6.16 Å². The zero-order valence-electron chi connectivity index (χ0n) is 28.0. The Morgan fingerprint density at radius 1 is 0.533 bits per heavy atom. The molecule has 2 unspecified atom stereocenters. The van der Waals surface area contributed by atoms with Crippen molar-refractivity contribution in [2.45, 2.75) is 83.4 Å². The number of unbranched alkanes of at least 4 members (excludes halogenated alkanes) is 9. The van der Waals surface area contributed by atoms with Gasteiger partial charge in [0, 0.05) is 5.38 Å². The lowest BCUT2D eigenvalue weighted by molar-refractivity contribution is 0.563. The minimum Gasteiger partial charge on any atom is -0.117 e. The summed E-state index contributed by atoms with van der Waals surface area (Å²) in [6.07, 6.45) is 15.2. The Kier molecular flexibility index (Phi) is 20.1. The van der Waals surface area contributed by atoms with E-state index in [1.165, 1.54) is 86.3 Å². The molecule has 0 nitrogen and oxygen atoms in total. The van der Waals surface area contributed by atoms with E-state index < -0.39 is 12.6 Å². The predicted octanol–water partition coefficient (Wildman–Crippen LogP) is 9.00. The number of rotatable bonds is 14. The highest BCUT2D eigenvalue weighted by atomic mass is 31.2. The molecule has 0 bridgehead atoms. The molecule has 0 saturated heterocycles. The monoisotopic (exact) mass is 647 g/mol. The Morgan fingerprint density at radius 2 is 0.889 bits per heavy atom. The summed E-state index contributed by atoms with van der Waals surface area (Å²) >= 11 is 0. The standard InChI is InChI=1S/C30H40P.C12H8P2/c1-2-3-4-5-6-7-8-9-10-20-27-31(28-21-14-11-15-22-28,29-23-16-12-17-24-29)30-25-18-13-19-26-30;1-2-3-4-5-6-7-8-9-10-11-12(13)14/h11-19,21-26H,2-10,20,27H2,1H3;12H,13-14H2,1H3/q+1;/i;12T. The van der Waals surface area contributed by atoms with Gasteiger partial charge in [0.1, 0.15) is 23.2 Å². The third-order valence-corrected chi connectivity index (χ3v) is 12.0. The molecule has 0 radical (unpaired) electrons. The van der Waals surface area contributed by atoms with Crippen molar-refractivity contribution in [3.05, 3.63) is 91.0 Å². The second-order valence-electron chi connectivity index (χ2n) is 10.6. The molecular weight excluding hydrogens is 597 g/mol. The second kappa shape index (κ2) is 25.0. The lowest BCUT2D eigenvalue weighted by Crippen LogP contribution is -2.33. The minimum atomic E-state index is -1.63. The van der Waals surface area contributed by atoms with Crippen molar-refractivity contribution in [1.29, 1.82) is 0 Å². The van der Waals surface area contributed by atoms with Gasteiger partial charge >= 0.3 is 0 Å². The van der Waals surface area contributed by atoms with Gasteiger partial charge < -0.3 is 0 Å². The van der Waals surface area contributed by atoms with Crippen molar-refractivity contribution < 1.29 is 1.37 Å². The summed E-state index contributed by atoms with van der Waals surface area (Å²) in [7, 11) is 2.89. The van der Waals surface area contributed by atoms with E-state index in [2.05, 4.69) is 176 Å². The van der Waals surface area contributed by atoms with Gasteiger partial charge in [0.15, 0.2) is 0 Å². The number of hydrogen-bond acceptors (Lipinski definition) is 0. The zero-order chi connectivity index (χ0) is 33.2. The molecule has 3 heteroatoms. The Bertz CT molecular complexity index is 1490. The fourth-order valence-electron chi connectivity index (χ4n) is 5.07. The molecule has 0 saturated carbocycles. The molecule has 0 amide bonds. The molecule has 45 heavy (non-hydrogen) atoms. The van der Waals surface area contributed by atoms with Crippen molar-refractivity contribution in [3.8, 4) is 59.2 Å². The summed E-state index contributed by atoms with van der Waals surface area (Å²) < 4.78 is 7.34. The zero-order valence-corrected chi connectivity index (χ0v) is 30.2.